The third-order valence-electron chi connectivity index (χ3n) is 4.68. The van der Waals surface area contributed by atoms with Crippen molar-refractivity contribution < 1.29 is 4.79 Å². The number of nitrogens with one attached hydrogen (secondary N) is 1. The smallest absolute Gasteiger partial charge is 0.228 e. The van der Waals surface area contributed by atoms with Gasteiger partial charge in [-0.15, -0.1) is 0 Å². The normalized spacial score (nSPS) is 17.8. The first-order valence-electron chi connectivity index (χ1n) is 7.98. The molecule has 1 saturated carbocycles. The number of hydrogen-bond donors (Lipinski definition) is 1. The summed E-state index contributed by atoms with van der Waals surface area (Å²) in [7, 11) is 0. The summed E-state index contributed by atoms with van der Waals surface area (Å²) >= 11 is 6.42. The van der Waals surface area contributed by atoms with Gasteiger partial charge in [-0.05, 0) is 35.1 Å². The van der Waals surface area contributed by atoms with Crippen molar-refractivity contribution in [3.8, 4) is 6.07 Å². The highest BCUT2D eigenvalue weighted by molar-refractivity contribution is 6.33. The lowest BCUT2D eigenvalue weighted by Crippen LogP contribution is -2.18. The minimum absolute atomic E-state index is 0.0232. The molecule has 3 nitrogen and oxygen atoms in total. The van der Waals surface area contributed by atoms with E-state index in [4.69, 9.17) is 11.6 Å². The van der Waals surface area contributed by atoms with Gasteiger partial charge in [-0.3, -0.25) is 4.79 Å². The Hall–Kier alpha value is -2.31. The van der Waals surface area contributed by atoms with Gasteiger partial charge in [0.1, 0.15) is 6.07 Å². The molecule has 122 valence electrons. The van der Waals surface area contributed by atoms with Crippen LogP contribution in [0.5, 0.6) is 0 Å². The van der Waals surface area contributed by atoms with Crippen molar-refractivity contribution in [1.29, 1.82) is 5.26 Å². The summed E-state index contributed by atoms with van der Waals surface area (Å²) in [5.41, 5.74) is 3.05. The first-order chi connectivity index (χ1) is 11.4. The molecule has 0 aromatic heterocycles. The summed E-state index contributed by atoms with van der Waals surface area (Å²) in [6, 6.07) is 15.4. The molecule has 1 fully saturated rings. The molecule has 0 heterocycles. The van der Waals surface area contributed by atoms with E-state index in [0.717, 1.165) is 17.5 Å². The number of rotatable bonds is 4. The zero-order chi connectivity index (χ0) is 17.3. The molecule has 2 aromatic rings. The van der Waals surface area contributed by atoms with Gasteiger partial charge in [0.15, 0.2) is 0 Å². The highest BCUT2D eigenvalue weighted by atomic mass is 35.5. The van der Waals surface area contributed by atoms with E-state index >= 15 is 0 Å². The number of carbonyl (C=O) groups excluding carboxylic acids is 1. The van der Waals surface area contributed by atoms with Gasteiger partial charge in [0.25, 0.3) is 0 Å². The van der Waals surface area contributed by atoms with Gasteiger partial charge in [-0.25, -0.2) is 0 Å². The molecule has 1 aliphatic rings. The fraction of sp³-hybridized carbons (Fsp3) is 0.300. The van der Waals surface area contributed by atoms with E-state index in [1.165, 1.54) is 0 Å². The van der Waals surface area contributed by atoms with Gasteiger partial charge in [0.05, 0.1) is 10.6 Å². The number of amides is 1. The Morgan fingerprint density at radius 2 is 1.96 bits per heavy atom. The average Bonchev–Trinajstić information content (AvgIpc) is 3.21. The molecule has 3 rings (SSSR count). The van der Waals surface area contributed by atoms with Crippen LogP contribution in [0.3, 0.4) is 0 Å². The number of benzene rings is 2. The summed E-state index contributed by atoms with van der Waals surface area (Å²) < 4.78 is 0. The van der Waals surface area contributed by atoms with E-state index in [2.05, 4.69) is 25.2 Å². The van der Waals surface area contributed by atoms with Crippen molar-refractivity contribution in [2.75, 3.05) is 5.32 Å². The zero-order valence-corrected chi connectivity index (χ0v) is 14.5. The number of nitriles is 1. The Kier molecular flexibility index (Phi) is 4.34. The van der Waals surface area contributed by atoms with Crippen LogP contribution in [0, 0.1) is 22.7 Å². The van der Waals surface area contributed by atoms with Crippen LogP contribution in [0.2, 0.25) is 5.02 Å². The number of hydrogen-bond acceptors (Lipinski definition) is 2. The van der Waals surface area contributed by atoms with Crippen molar-refractivity contribution in [2.24, 2.45) is 11.3 Å². The second kappa shape index (κ2) is 6.30. The molecule has 0 saturated heterocycles. The molecule has 0 bridgehead atoms. The van der Waals surface area contributed by atoms with Gasteiger partial charge in [-0.1, -0.05) is 55.8 Å². The van der Waals surface area contributed by atoms with Crippen LogP contribution in [-0.4, -0.2) is 5.91 Å². The molecule has 1 amide bonds. The van der Waals surface area contributed by atoms with Crippen LogP contribution in [-0.2, 0) is 11.2 Å². The van der Waals surface area contributed by atoms with Crippen LogP contribution < -0.4 is 5.32 Å². The lowest BCUT2D eigenvalue weighted by molar-refractivity contribution is -0.118. The standard InChI is InChI=1S/C20H19ClN2O/c1-20(2)11-16(20)19(24)23-17-9-8-14(12-22)18(21)15(17)10-13-6-4-3-5-7-13/h3-9,16H,10-11H2,1-2H3,(H,23,24). The third kappa shape index (κ3) is 3.29. The fourth-order valence-corrected chi connectivity index (χ4v) is 3.21. The predicted octanol–water partition coefficient (Wildman–Crippen LogP) is 4.79. The second-order valence-corrected chi connectivity index (χ2v) is 7.34. The minimum Gasteiger partial charge on any atom is -0.326 e. The zero-order valence-electron chi connectivity index (χ0n) is 13.8. The SMILES string of the molecule is CC1(C)CC1C(=O)Nc1ccc(C#N)c(Cl)c1Cc1ccccc1. The van der Waals surface area contributed by atoms with Crippen LogP contribution in [0.4, 0.5) is 5.69 Å². The highest BCUT2D eigenvalue weighted by Crippen LogP contribution is 2.52. The molecular weight excluding hydrogens is 320 g/mol. The lowest BCUT2D eigenvalue weighted by Gasteiger charge is -2.14. The number of nitrogens with zero attached hydrogens (tertiary/aromatic N) is 1. The molecule has 1 N–H and O–H groups in total. The summed E-state index contributed by atoms with van der Waals surface area (Å²) in [5.74, 6) is 0.0616. The van der Waals surface area contributed by atoms with Crippen LogP contribution in [0.15, 0.2) is 42.5 Å². The summed E-state index contributed by atoms with van der Waals surface area (Å²) in [5, 5.41) is 12.6. The Bertz CT molecular complexity index is 822. The Morgan fingerprint density at radius 3 is 2.54 bits per heavy atom. The molecule has 1 aliphatic carbocycles. The Labute approximate surface area is 147 Å². The van der Waals surface area contributed by atoms with E-state index in [-0.39, 0.29) is 17.2 Å². The van der Waals surface area contributed by atoms with Crippen LogP contribution in [0.1, 0.15) is 37.0 Å². The van der Waals surface area contributed by atoms with Gasteiger partial charge < -0.3 is 5.32 Å². The largest absolute Gasteiger partial charge is 0.326 e. The molecule has 0 spiro atoms. The first-order valence-corrected chi connectivity index (χ1v) is 8.36. The maximum Gasteiger partial charge on any atom is 0.228 e. The van der Waals surface area contributed by atoms with Crippen molar-refractivity contribution in [3.05, 3.63) is 64.2 Å². The molecule has 4 heteroatoms. The van der Waals surface area contributed by atoms with E-state index in [1.54, 1.807) is 12.1 Å². The van der Waals surface area contributed by atoms with Gasteiger partial charge in [0, 0.05) is 18.0 Å². The van der Waals surface area contributed by atoms with E-state index < -0.39 is 0 Å². The topological polar surface area (TPSA) is 52.9 Å². The second-order valence-electron chi connectivity index (χ2n) is 6.96. The highest BCUT2D eigenvalue weighted by Gasteiger charge is 2.50. The minimum atomic E-state index is 0.0232. The van der Waals surface area contributed by atoms with E-state index in [9.17, 15) is 10.1 Å². The molecule has 24 heavy (non-hydrogen) atoms. The van der Waals surface area contributed by atoms with Crippen molar-refractivity contribution in [2.45, 2.75) is 26.7 Å². The molecule has 2 aromatic carbocycles. The first kappa shape index (κ1) is 16.5. The van der Waals surface area contributed by atoms with Crippen LogP contribution in [0.25, 0.3) is 0 Å². The molecule has 0 aliphatic heterocycles. The van der Waals surface area contributed by atoms with Gasteiger partial charge in [0.2, 0.25) is 5.91 Å². The van der Waals surface area contributed by atoms with Gasteiger partial charge >= 0.3 is 0 Å². The maximum absolute atomic E-state index is 12.4. The monoisotopic (exact) mass is 338 g/mol. The lowest BCUT2D eigenvalue weighted by atomic mass is 10.0. The van der Waals surface area contributed by atoms with Gasteiger partial charge in [-0.2, -0.15) is 5.26 Å². The molecular formula is C20H19ClN2O. The fourth-order valence-electron chi connectivity index (χ4n) is 2.93. The number of anilines is 1. The number of halogens is 1. The predicted molar refractivity (Wildman–Crippen MR) is 95.9 cm³/mol. The van der Waals surface area contributed by atoms with E-state index in [0.29, 0.717) is 22.7 Å². The number of carbonyl (C=O) groups is 1. The Morgan fingerprint density at radius 1 is 1.29 bits per heavy atom. The summed E-state index contributed by atoms with van der Waals surface area (Å²) in [6.45, 7) is 4.18. The third-order valence-corrected chi connectivity index (χ3v) is 5.11. The maximum atomic E-state index is 12.4. The van der Waals surface area contributed by atoms with Crippen molar-refractivity contribution in [1.82, 2.24) is 0 Å². The van der Waals surface area contributed by atoms with Crippen molar-refractivity contribution >= 4 is 23.2 Å². The molecule has 0 radical (unpaired) electrons. The quantitative estimate of drug-likeness (QED) is 0.871. The summed E-state index contributed by atoms with van der Waals surface area (Å²) in [6.07, 6.45) is 1.47. The Balaban J connectivity index is 1.92. The van der Waals surface area contributed by atoms with Crippen molar-refractivity contribution in [3.63, 3.8) is 0 Å². The van der Waals surface area contributed by atoms with Crippen LogP contribution >= 0.6 is 11.6 Å². The summed E-state index contributed by atoms with van der Waals surface area (Å²) in [4.78, 5) is 12.4. The molecule has 1 unspecified atom stereocenters. The molecule has 1 atom stereocenters. The average molecular weight is 339 g/mol. The van der Waals surface area contributed by atoms with E-state index in [1.807, 2.05) is 30.3 Å².